The summed E-state index contributed by atoms with van der Waals surface area (Å²) in [4.78, 5) is 19.5. The first kappa shape index (κ1) is 18.0. The highest BCUT2D eigenvalue weighted by atomic mass is 35.5. The summed E-state index contributed by atoms with van der Waals surface area (Å²) in [6.45, 7) is 5.76. The van der Waals surface area contributed by atoms with Gasteiger partial charge in [-0.1, -0.05) is 11.6 Å². The average molecular weight is 342 g/mol. The molecule has 1 aromatic heterocycles. The van der Waals surface area contributed by atoms with Crippen molar-refractivity contribution in [1.82, 2.24) is 9.88 Å². The van der Waals surface area contributed by atoms with Crippen LogP contribution in [0.25, 0.3) is 0 Å². The van der Waals surface area contributed by atoms with E-state index in [9.17, 15) is 4.79 Å². The summed E-state index contributed by atoms with van der Waals surface area (Å²) in [6, 6.07) is 3.64. The Balaban J connectivity index is 1.99. The van der Waals surface area contributed by atoms with Crippen LogP contribution in [0, 0.1) is 0 Å². The lowest BCUT2D eigenvalue weighted by atomic mass is 10.1. The van der Waals surface area contributed by atoms with Gasteiger partial charge in [0, 0.05) is 33.4 Å². The number of halogens is 1. The van der Waals surface area contributed by atoms with Gasteiger partial charge in [0.25, 0.3) is 0 Å². The van der Waals surface area contributed by atoms with E-state index in [2.05, 4.69) is 9.88 Å². The second-order valence-electron chi connectivity index (χ2n) is 6.49. The van der Waals surface area contributed by atoms with Crippen molar-refractivity contribution in [2.75, 3.05) is 45.3 Å². The minimum Gasteiger partial charge on any atom is -0.369 e. The van der Waals surface area contributed by atoms with Crippen molar-refractivity contribution in [2.45, 2.75) is 25.6 Å². The molecule has 1 atom stereocenters. The van der Waals surface area contributed by atoms with Gasteiger partial charge in [0.2, 0.25) is 5.91 Å². The fraction of sp³-hybridized carbons (Fsp3) is 0.625. The smallest absolute Gasteiger partial charge is 0.248 e. The standard InChI is InChI=1S/C16H24ClN3O3/c1-16(2)11-20(15-13(17)6-5-7-18-15)8-12(23-16)9-22-10-14(21)19(3)4/h5-7,12H,8-11H2,1-4H3. The van der Waals surface area contributed by atoms with Crippen molar-refractivity contribution in [2.24, 2.45) is 0 Å². The number of anilines is 1. The van der Waals surface area contributed by atoms with Crippen molar-refractivity contribution in [3.8, 4) is 0 Å². The van der Waals surface area contributed by atoms with Crippen molar-refractivity contribution in [3.05, 3.63) is 23.4 Å². The highest BCUT2D eigenvalue weighted by molar-refractivity contribution is 6.32. The predicted octanol–water partition coefficient (Wildman–Crippen LogP) is 1.82. The molecule has 0 saturated carbocycles. The maximum Gasteiger partial charge on any atom is 0.248 e. The summed E-state index contributed by atoms with van der Waals surface area (Å²) in [7, 11) is 3.41. The molecule has 23 heavy (non-hydrogen) atoms. The summed E-state index contributed by atoms with van der Waals surface area (Å²) in [6.07, 6.45) is 1.58. The molecule has 0 radical (unpaired) electrons. The Morgan fingerprint density at radius 3 is 2.96 bits per heavy atom. The number of carbonyl (C=O) groups excluding carboxylic acids is 1. The van der Waals surface area contributed by atoms with E-state index >= 15 is 0 Å². The zero-order valence-corrected chi connectivity index (χ0v) is 14.8. The molecule has 0 bridgehead atoms. The topological polar surface area (TPSA) is 54.9 Å². The van der Waals surface area contributed by atoms with E-state index in [1.807, 2.05) is 26.0 Å². The number of nitrogens with zero attached hydrogens (tertiary/aromatic N) is 3. The molecule has 1 aliphatic rings. The second-order valence-corrected chi connectivity index (χ2v) is 6.90. The van der Waals surface area contributed by atoms with Crippen LogP contribution in [0.15, 0.2) is 18.3 Å². The number of amides is 1. The molecular formula is C16H24ClN3O3. The molecule has 0 aliphatic carbocycles. The van der Waals surface area contributed by atoms with E-state index in [4.69, 9.17) is 21.1 Å². The van der Waals surface area contributed by atoms with Crippen LogP contribution < -0.4 is 4.90 Å². The highest BCUT2D eigenvalue weighted by Gasteiger charge is 2.34. The summed E-state index contributed by atoms with van der Waals surface area (Å²) in [5, 5.41) is 0.618. The van der Waals surface area contributed by atoms with Gasteiger partial charge in [-0.15, -0.1) is 0 Å². The molecule has 1 unspecified atom stereocenters. The van der Waals surface area contributed by atoms with Crippen LogP contribution in [-0.4, -0.2) is 67.9 Å². The van der Waals surface area contributed by atoms with E-state index in [0.717, 1.165) is 5.82 Å². The number of carbonyl (C=O) groups is 1. The monoisotopic (exact) mass is 341 g/mol. The van der Waals surface area contributed by atoms with Crippen molar-refractivity contribution in [1.29, 1.82) is 0 Å². The summed E-state index contributed by atoms with van der Waals surface area (Å²) in [5.74, 6) is 0.685. The first-order valence-electron chi connectivity index (χ1n) is 7.60. The quantitative estimate of drug-likeness (QED) is 0.817. The molecule has 1 aromatic rings. The molecule has 1 saturated heterocycles. The van der Waals surface area contributed by atoms with Crippen LogP contribution in [0.1, 0.15) is 13.8 Å². The number of hydrogen-bond acceptors (Lipinski definition) is 5. The van der Waals surface area contributed by atoms with Crippen molar-refractivity contribution >= 4 is 23.3 Å². The molecule has 0 spiro atoms. The van der Waals surface area contributed by atoms with E-state index in [0.29, 0.717) is 24.7 Å². The Hall–Kier alpha value is -1.37. The maximum absolute atomic E-state index is 11.6. The molecule has 2 heterocycles. The number of pyridine rings is 1. The molecule has 0 N–H and O–H groups in total. The van der Waals surface area contributed by atoms with Crippen LogP contribution in [0.3, 0.4) is 0 Å². The van der Waals surface area contributed by atoms with Crippen molar-refractivity contribution < 1.29 is 14.3 Å². The normalized spacial score (nSPS) is 20.4. The fourth-order valence-corrected chi connectivity index (χ4v) is 2.80. The summed E-state index contributed by atoms with van der Waals surface area (Å²) < 4.78 is 11.6. The number of aromatic nitrogens is 1. The average Bonchev–Trinajstić information content (AvgIpc) is 2.45. The molecule has 6 nitrogen and oxygen atoms in total. The lowest BCUT2D eigenvalue weighted by Gasteiger charge is -2.43. The van der Waals surface area contributed by atoms with Gasteiger partial charge in [-0.2, -0.15) is 0 Å². The Kier molecular flexibility index (Phi) is 5.84. The minimum absolute atomic E-state index is 0.0532. The van der Waals surface area contributed by atoms with Crippen LogP contribution in [0.2, 0.25) is 5.02 Å². The molecular weight excluding hydrogens is 318 g/mol. The first-order valence-corrected chi connectivity index (χ1v) is 7.97. The molecule has 1 fully saturated rings. The summed E-state index contributed by atoms with van der Waals surface area (Å²) >= 11 is 6.25. The third-order valence-electron chi connectivity index (χ3n) is 3.55. The molecule has 2 rings (SSSR count). The van der Waals surface area contributed by atoms with Gasteiger partial charge in [-0.25, -0.2) is 4.98 Å². The van der Waals surface area contributed by atoms with Crippen LogP contribution in [-0.2, 0) is 14.3 Å². The third-order valence-corrected chi connectivity index (χ3v) is 3.84. The number of likely N-dealkylation sites (N-methyl/N-ethyl adjacent to an activating group) is 1. The highest BCUT2D eigenvalue weighted by Crippen LogP contribution is 2.29. The number of rotatable bonds is 5. The van der Waals surface area contributed by atoms with Gasteiger partial charge < -0.3 is 19.3 Å². The Bertz CT molecular complexity index is 551. The number of morpholine rings is 1. The Morgan fingerprint density at radius 1 is 1.57 bits per heavy atom. The predicted molar refractivity (Wildman–Crippen MR) is 89.9 cm³/mol. The van der Waals surface area contributed by atoms with Gasteiger partial charge in [-0.05, 0) is 26.0 Å². The lowest BCUT2D eigenvalue weighted by Crippen LogP contribution is -2.54. The molecule has 7 heteroatoms. The lowest BCUT2D eigenvalue weighted by molar-refractivity contribution is -0.139. The Morgan fingerprint density at radius 2 is 2.30 bits per heavy atom. The zero-order valence-electron chi connectivity index (χ0n) is 14.1. The van der Waals surface area contributed by atoms with Crippen LogP contribution >= 0.6 is 11.6 Å². The minimum atomic E-state index is -0.349. The van der Waals surface area contributed by atoms with Gasteiger partial charge in [0.1, 0.15) is 12.4 Å². The third kappa shape index (κ3) is 5.06. The molecule has 1 aliphatic heterocycles. The maximum atomic E-state index is 11.6. The largest absolute Gasteiger partial charge is 0.369 e. The molecule has 128 valence electrons. The van der Waals surface area contributed by atoms with Gasteiger partial charge in [0.15, 0.2) is 0 Å². The SMILES string of the molecule is CN(C)C(=O)COCC1CN(c2ncccc2Cl)CC(C)(C)O1. The number of hydrogen-bond donors (Lipinski definition) is 0. The molecule has 0 aromatic carbocycles. The van der Waals surface area contributed by atoms with Gasteiger partial charge in [-0.3, -0.25) is 4.79 Å². The fourth-order valence-electron chi connectivity index (χ4n) is 2.56. The van der Waals surface area contributed by atoms with Crippen molar-refractivity contribution in [3.63, 3.8) is 0 Å². The van der Waals surface area contributed by atoms with E-state index in [-0.39, 0.29) is 24.2 Å². The van der Waals surface area contributed by atoms with E-state index < -0.39 is 0 Å². The zero-order chi connectivity index (χ0) is 17.0. The van der Waals surface area contributed by atoms with Gasteiger partial charge >= 0.3 is 0 Å². The van der Waals surface area contributed by atoms with Gasteiger partial charge in [0.05, 0.1) is 23.3 Å². The first-order chi connectivity index (χ1) is 10.8. The second kappa shape index (κ2) is 7.47. The van der Waals surface area contributed by atoms with Crippen LogP contribution in [0.5, 0.6) is 0 Å². The Labute approximate surface area is 142 Å². The molecule has 1 amide bonds. The van der Waals surface area contributed by atoms with Crippen LogP contribution in [0.4, 0.5) is 5.82 Å². The summed E-state index contributed by atoms with van der Waals surface area (Å²) in [5.41, 5.74) is -0.349. The number of ether oxygens (including phenoxy) is 2. The van der Waals surface area contributed by atoms with E-state index in [1.165, 1.54) is 4.90 Å². The van der Waals surface area contributed by atoms with E-state index in [1.54, 1.807) is 20.3 Å².